The summed E-state index contributed by atoms with van der Waals surface area (Å²) in [6.07, 6.45) is 3.14. The van der Waals surface area contributed by atoms with E-state index < -0.39 is 11.9 Å². The average Bonchev–Trinajstić information content (AvgIpc) is 2.89. The summed E-state index contributed by atoms with van der Waals surface area (Å²) in [7, 11) is 0. The van der Waals surface area contributed by atoms with Gasteiger partial charge in [-0.25, -0.2) is 4.39 Å². The van der Waals surface area contributed by atoms with E-state index in [1.165, 1.54) is 23.6 Å². The highest BCUT2D eigenvalue weighted by Gasteiger charge is 2.16. The second-order valence-electron chi connectivity index (χ2n) is 5.32. The van der Waals surface area contributed by atoms with Gasteiger partial charge in [-0.05, 0) is 42.0 Å². The standard InChI is InChI=1S/C17H16ClFO/c18-17-14(5-2-6-15(17)19)16(20)10-11-7-8-12-3-1-4-13(12)9-11/h2,5-9,16,20H,1,3-4,10H2. The number of aliphatic hydroxyl groups is 1. The van der Waals surface area contributed by atoms with E-state index in [0.29, 0.717) is 12.0 Å². The SMILES string of the molecule is OC(Cc1ccc2c(c1)CCC2)c1cccc(F)c1Cl. The molecule has 3 rings (SSSR count). The van der Waals surface area contributed by atoms with E-state index in [4.69, 9.17) is 11.6 Å². The molecular weight excluding hydrogens is 275 g/mol. The maximum absolute atomic E-state index is 13.4. The molecule has 0 bridgehead atoms. The van der Waals surface area contributed by atoms with Gasteiger partial charge in [-0.15, -0.1) is 0 Å². The number of aliphatic hydroxyl groups excluding tert-OH is 1. The topological polar surface area (TPSA) is 20.2 Å². The van der Waals surface area contributed by atoms with Crippen LogP contribution in [0.2, 0.25) is 5.02 Å². The van der Waals surface area contributed by atoms with Crippen LogP contribution in [0.15, 0.2) is 36.4 Å². The lowest BCUT2D eigenvalue weighted by molar-refractivity contribution is 0.178. The number of benzene rings is 2. The maximum Gasteiger partial charge on any atom is 0.142 e. The van der Waals surface area contributed by atoms with Crippen LogP contribution >= 0.6 is 11.6 Å². The van der Waals surface area contributed by atoms with Crippen molar-refractivity contribution in [2.24, 2.45) is 0 Å². The molecule has 1 unspecified atom stereocenters. The molecule has 3 heteroatoms. The Morgan fingerprint density at radius 1 is 1.15 bits per heavy atom. The normalized spacial score (nSPS) is 15.2. The summed E-state index contributed by atoms with van der Waals surface area (Å²) in [4.78, 5) is 0. The van der Waals surface area contributed by atoms with Crippen LogP contribution in [0.1, 0.15) is 34.8 Å². The maximum atomic E-state index is 13.4. The fourth-order valence-electron chi connectivity index (χ4n) is 2.86. The lowest BCUT2D eigenvalue weighted by Crippen LogP contribution is -2.04. The van der Waals surface area contributed by atoms with E-state index in [1.54, 1.807) is 12.1 Å². The third-order valence-corrected chi connectivity index (χ3v) is 4.33. The first-order valence-corrected chi connectivity index (χ1v) is 7.25. The quantitative estimate of drug-likeness (QED) is 0.896. The molecule has 0 aliphatic heterocycles. The number of halogens is 2. The van der Waals surface area contributed by atoms with E-state index in [-0.39, 0.29) is 5.02 Å². The molecule has 1 N–H and O–H groups in total. The zero-order valence-electron chi connectivity index (χ0n) is 11.1. The second-order valence-corrected chi connectivity index (χ2v) is 5.70. The Morgan fingerprint density at radius 3 is 2.80 bits per heavy atom. The minimum absolute atomic E-state index is 0.0150. The number of fused-ring (bicyclic) bond motifs is 1. The monoisotopic (exact) mass is 290 g/mol. The Balaban J connectivity index is 1.82. The Bertz CT molecular complexity index is 639. The van der Waals surface area contributed by atoms with Gasteiger partial charge in [0.25, 0.3) is 0 Å². The van der Waals surface area contributed by atoms with Gasteiger partial charge in [-0.2, -0.15) is 0 Å². The fourth-order valence-corrected chi connectivity index (χ4v) is 3.12. The number of hydrogen-bond donors (Lipinski definition) is 1. The molecule has 0 spiro atoms. The van der Waals surface area contributed by atoms with Crippen molar-refractivity contribution in [3.05, 3.63) is 69.5 Å². The summed E-state index contributed by atoms with van der Waals surface area (Å²) < 4.78 is 13.4. The molecule has 1 aliphatic rings. The smallest absolute Gasteiger partial charge is 0.142 e. The lowest BCUT2D eigenvalue weighted by atomic mass is 9.98. The van der Waals surface area contributed by atoms with E-state index in [9.17, 15) is 9.50 Å². The summed E-state index contributed by atoms with van der Waals surface area (Å²) in [5.74, 6) is -0.489. The number of aryl methyl sites for hydroxylation is 2. The van der Waals surface area contributed by atoms with Gasteiger partial charge in [0, 0.05) is 12.0 Å². The zero-order chi connectivity index (χ0) is 14.1. The molecular formula is C17H16ClFO. The third kappa shape index (κ3) is 2.58. The van der Waals surface area contributed by atoms with Crippen molar-refractivity contribution in [3.8, 4) is 0 Å². The molecule has 1 nitrogen and oxygen atoms in total. The van der Waals surface area contributed by atoms with Crippen LogP contribution in [0.3, 0.4) is 0 Å². The van der Waals surface area contributed by atoms with E-state index >= 15 is 0 Å². The third-order valence-electron chi connectivity index (χ3n) is 3.93. The largest absolute Gasteiger partial charge is 0.388 e. The molecule has 0 fully saturated rings. The van der Waals surface area contributed by atoms with Crippen molar-refractivity contribution < 1.29 is 9.50 Å². The molecule has 0 heterocycles. The molecule has 0 saturated carbocycles. The van der Waals surface area contributed by atoms with Crippen LogP contribution < -0.4 is 0 Å². The van der Waals surface area contributed by atoms with Gasteiger partial charge in [0.15, 0.2) is 0 Å². The second kappa shape index (κ2) is 5.55. The first-order chi connectivity index (χ1) is 9.65. The summed E-state index contributed by atoms with van der Waals surface area (Å²) in [5.41, 5.74) is 4.30. The lowest BCUT2D eigenvalue weighted by Gasteiger charge is -2.14. The van der Waals surface area contributed by atoms with Crippen LogP contribution in [-0.2, 0) is 19.3 Å². The van der Waals surface area contributed by atoms with E-state index in [1.807, 2.05) is 6.07 Å². The molecule has 1 atom stereocenters. The van der Waals surface area contributed by atoms with Gasteiger partial charge in [-0.1, -0.05) is 41.9 Å². The molecule has 0 amide bonds. The van der Waals surface area contributed by atoms with Gasteiger partial charge in [0.2, 0.25) is 0 Å². The first-order valence-electron chi connectivity index (χ1n) is 6.88. The van der Waals surface area contributed by atoms with Crippen LogP contribution in [0.4, 0.5) is 4.39 Å². The Hall–Kier alpha value is -1.38. The molecule has 104 valence electrons. The van der Waals surface area contributed by atoms with Crippen molar-refractivity contribution in [1.82, 2.24) is 0 Å². The minimum atomic E-state index is -0.780. The van der Waals surface area contributed by atoms with Gasteiger partial charge >= 0.3 is 0 Å². The van der Waals surface area contributed by atoms with Crippen molar-refractivity contribution in [1.29, 1.82) is 0 Å². The average molecular weight is 291 g/mol. The molecule has 1 aliphatic carbocycles. The van der Waals surface area contributed by atoms with Crippen molar-refractivity contribution in [2.75, 3.05) is 0 Å². The predicted molar refractivity (Wildman–Crippen MR) is 78.5 cm³/mol. The summed E-state index contributed by atoms with van der Waals surface area (Å²) in [6.45, 7) is 0. The fraction of sp³-hybridized carbons (Fsp3) is 0.294. The Kier molecular flexibility index (Phi) is 3.77. The minimum Gasteiger partial charge on any atom is -0.388 e. The summed E-state index contributed by atoms with van der Waals surface area (Å²) in [6, 6.07) is 10.9. The van der Waals surface area contributed by atoms with Gasteiger partial charge in [-0.3, -0.25) is 0 Å². The van der Waals surface area contributed by atoms with Crippen LogP contribution in [0.5, 0.6) is 0 Å². The van der Waals surface area contributed by atoms with Crippen molar-refractivity contribution in [2.45, 2.75) is 31.8 Å². The zero-order valence-corrected chi connectivity index (χ0v) is 11.8. The Labute approximate surface area is 123 Å². The molecule has 0 aromatic heterocycles. The molecule has 20 heavy (non-hydrogen) atoms. The summed E-state index contributed by atoms with van der Waals surface area (Å²) >= 11 is 5.91. The Morgan fingerprint density at radius 2 is 1.95 bits per heavy atom. The van der Waals surface area contributed by atoms with Crippen LogP contribution in [-0.4, -0.2) is 5.11 Å². The highest BCUT2D eigenvalue weighted by Crippen LogP contribution is 2.29. The number of rotatable bonds is 3. The highest BCUT2D eigenvalue weighted by atomic mass is 35.5. The van der Waals surface area contributed by atoms with Crippen molar-refractivity contribution in [3.63, 3.8) is 0 Å². The molecule has 2 aromatic carbocycles. The van der Waals surface area contributed by atoms with E-state index in [2.05, 4.69) is 12.1 Å². The van der Waals surface area contributed by atoms with Gasteiger partial charge in [0.1, 0.15) is 5.82 Å². The van der Waals surface area contributed by atoms with Gasteiger partial charge < -0.3 is 5.11 Å². The highest BCUT2D eigenvalue weighted by molar-refractivity contribution is 6.31. The first kappa shape index (κ1) is 13.6. The van der Waals surface area contributed by atoms with Gasteiger partial charge in [0.05, 0.1) is 11.1 Å². The molecule has 0 radical (unpaired) electrons. The number of hydrogen-bond acceptors (Lipinski definition) is 1. The van der Waals surface area contributed by atoms with E-state index in [0.717, 1.165) is 18.4 Å². The summed E-state index contributed by atoms with van der Waals surface area (Å²) in [5, 5.41) is 10.3. The van der Waals surface area contributed by atoms with Crippen LogP contribution in [0, 0.1) is 5.82 Å². The predicted octanol–water partition coefficient (Wildman–Crippen LogP) is 4.24. The molecule has 2 aromatic rings. The molecule has 0 saturated heterocycles. The van der Waals surface area contributed by atoms with Crippen molar-refractivity contribution >= 4 is 11.6 Å². The van der Waals surface area contributed by atoms with Crippen LogP contribution in [0.25, 0.3) is 0 Å².